The van der Waals surface area contributed by atoms with Crippen LogP contribution < -0.4 is 5.73 Å². The van der Waals surface area contributed by atoms with Crippen LogP contribution in [0.5, 0.6) is 0 Å². The summed E-state index contributed by atoms with van der Waals surface area (Å²) in [5, 5.41) is 42.4. The Labute approximate surface area is 158 Å². The molecular weight excluding hydrogens is 414 g/mol. The van der Waals surface area contributed by atoms with Gasteiger partial charge in [0.25, 0.3) is 0 Å². The molecule has 9 nitrogen and oxygen atoms in total. The molecule has 0 amide bonds. The molecule has 26 heavy (non-hydrogen) atoms. The number of hydrogen-bond acceptors (Lipinski definition) is 6. The minimum atomic E-state index is -2.27. The van der Waals surface area contributed by atoms with Crippen LogP contribution in [0.3, 0.4) is 0 Å². The minimum Gasteiger partial charge on any atom is -0.479 e. The largest absolute Gasteiger partial charge is 0.479 e. The predicted octanol–water partition coefficient (Wildman–Crippen LogP) is -0.456. The number of benzene rings is 1. The molecule has 0 fully saturated rings. The van der Waals surface area contributed by atoms with Gasteiger partial charge in [-0.3, -0.25) is 0 Å². The van der Waals surface area contributed by atoms with Crippen molar-refractivity contribution in [1.82, 2.24) is 0 Å². The standard InChI is InChI=1S/C12H16BrNO.C4H6O6.H2O/c1-12(2)6-10(15)11(14)8-4-3-7(13)5-9(8)12;5-1(3(7)8)2(6)4(9)10;/h3-5,10-11,15H,6,14H2,1-2H3;1-2,5-6H,(H,7,8)(H,9,10);1H2/t10-,11-;1-,2-;/m01./s1. The number of aliphatic hydroxyl groups excluding tert-OH is 3. The van der Waals surface area contributed by atoms with Crippen LogP contribution in [-0.2, 0) is 15.0 Å². The van der Waals surface area contributed by atoms with Gasteiger partial charge in [-0.15, -0.1) is 0 Å². The maximum atomic E-state index is 9.89. The first-order chi connectivity index (χ1) is 11.4. The molecule has 0 unspecified atom stereocenters. The van der Waals surface area contributed by atoms with Crippen molar-refractivity contribution in [1.29, 1.82) is 0 Å². The lowest BCUT2D eigenvalue weighted by atomic mass is 9.70. The van der Waals surface area contributed by atoms with Gasteiger partial charge in [-0.1, -0.05) is 35.8 Å². The quantitative estimate of drug-likeness (QED) is 0.365. The highest BCUT2D eigenvalue weighted by molar-refractivity contribution is 9.10. The highest BCUT2D eigenvalue weighted by Crippen LogP contribution is 2.41. The maximum absolute atomic E-state index is 9.89. The van der Waals surface area contributed by atoms with Gasteiger partial charge in [0.15, 0.2) is 12.2 Å². The Morgan fingerprint density at radius 1 is 1.19 bits per heavy atom. The van der Waals surface area contributed by atoms with E-state index >= 15 is 0 Å². The summed E-state index contributed by atoms with van der Waals surface area (Å²) < 4.78 is 1.07. The third-order valence-electron chi connectivity index (χ3n) is 4.04. The van der Waals surface area contributed by atoms with Crippen molar-refractivity contribution in [3.05, 3.63) is 33.8 Å². The van der Waals surface area contributed by atoms with Crippen LogP contribution in [0.1, 0.15) is 37.4 Å². The van der Waals surface area contributed by atoms with Crippen LogP contribution in [0.15, 0.2) is 22.7 Å². The Balaban J connectivity index is 0.000000504. The number of aliphatic hydroxyl groups is 3. The fourth-order valence-electron chi connectivity index (χ4n) is 2.64. The van der Waals surface area contributed by atoms with E-state index in [0.29, 0.717) is 0 Å². The molecule has 1 aliphatic carbocycles. The van der Waals surface area contributed by atoms with Gasteiger partial charge in [0.05, 0.1) is 12.1 Å². The van der Waals surface area contributed by atoms with Crippen molar-refractivity contribution < 1.29 is 40.6 Å². The zero-order valence-corrected chi connectivity index (χ0v) is 15.8. The van der Waals surface area contributed by atoms with Crippen molar-refractivity contribution in [2.45, 2.75) is 50.0 Å². The number of carboxylic acid groups (broad SMARTS) is 2. The highest BCUT2D eigenvalue weighted by atomic mass is 79.9. The third kappa shape index (κ3) is 5.73. The molecule has 1 aromatic carbocycles. The lowest BCUT2D eigenvalue weighted by Crippen LogP contribution is -2.39. The average molecular weight is 438 g/mol. The number of hydrogen-bond donors (Lipinski definition) is 6. The first-order valence-electron chi connectivity index (χ1n) is 7.43. The molecule has 1 aliphatic rings. The second-order valence-corrected chi connectivity index (χ2v) is 7.39. The molecule has 148 valence electrons. The van der Waals surface area contributed by atoms with Gasteiger partial charge in [0, 0.05) is 4.47 Å². The molecule has 0 radical (unpaired) electrons. The molecule has 0 heterocycles. The molecular formula is C16H24BrNO8. The summed E-state index contributed by atoms with van der Waals surface area (Å²) in [5.41, 5.74) is 8.31. The summed E-state index contributed by atoms with van der Waals surface area (Å²) in [4.78, 5) is 19.5. The second-order valence-electron chi connectivity index (χ2n) is 6.48. The molecule has 0 aliphatic heterocycles. The van der Waals surface area contributed by atoms with Gasteiger partial charge in [0.2, 0.25) is 0 Å². The summed E-state index contributed by atoms with van der Waals surface area (Å²) in [5.74, 6) is -3.54. The number of rotatable bonds is 3. The topological polar surface area (TPSA) is 193 Å². The van der Waals surface area contributed by atoms with Gasteiger partial charge in [-0.25, -0.2) is 9.59 Å². The Morgan fingerprint density at radius 3 is 2.08 bits per heavy atom. The average Bonchev–Trinajstić information content (AvgIpc) is 2.51. The van der Waals surface area contributed by atoms with Crippen molar-refractivity contribution in [2.75, 3.05) is 0 Å². The number of halogens is 1. The van der Waals surface area contributed by atoms with E-state index < -0.39 is 30.3 Å². The van der Waals surface area contributed by atoms with Gasteiger partial charge >= 0.3 is 11.9 Å². The normalized spacial score (nSPS) is 22.6. The summed E-state index contributed by atoms with van der Waals surface area (Å²) >= 11 is 3.47. The van der Waals surface area contributed by atoms with Gasteiger partial charge in [-0.05, 0) is 35.1 Å². The molecule has 0 saturated heterocycles. The number of carbonyl (C=O) groups is 2. The smallest absolute Gasteiger partial charge is 0.335 e. The molecule has 0 bridgehead atoms. The number of carboxylic acids is 2. The van der Waals surface area contributed by atoms with Crippen molar-refractivity contribution in [3.8, 4) is 0 Å². The molecule has 10 heteroatoms. The highest BCUT2D eigenvalue weighted by Gasteiger charge is 2.36. The first-order valence-corrected chi connectivity index (χ1v) is 8.23. The lowest BCUT2D eigenvalue weighted by molar-refractivity contribution is -0.165. The zero-order valence-electron chi connectivity index (χ0n) is 14.3. The van der Waals surface area contributed by atoms with Crippen LogP contribution >= 0.6 is 15.9 Å². The lowest BCUT2D eigenvalue weighted by Gasteiger charge is -2.39. The number of aliphatic carboxylic acids is 2. The van der Waals surface area contributed by atoms with Crippen LogP contribution in [0, 0.1) is 0 Å². The van der Waals surface area contributed by atoms with E-state index in [0.717, 1.165) is 16.5 Å². The first kappa shape index (κ1) is 24.4. The van der Waals surface area contributed by atoms with E-state index in [1.807, 2.05) is 12.1 Å². The van der Waals surface area contributed by atoms with Crippen molar-refractivity contribution in [2.24, 2.45) is 5.73 Å². The Bertz CT molecular complexity index is 633. The van der Waals surface area contributed by atoms with Crippen LogP contribution in [0.4, 0.5) is 0 Å². The van der Waals surface area contributed by atoms with E-state index in [4.69, 9.17) is 26.2 Å². The van der Waals surface area contributed by atoms with E-state index in [1.165, 1.54) is 5.56 Å². The monoisotopic (exact) mass is 437 g/mol. The third-order valence-corrected chi connectivity index (χ3v) is 4.54. The fourth-order valence-corrected chi connectivity index (χ4v) is 3.00. The zero-order chi connectivity index (χ0) is 19.5. The van der Waals surface area contributed by atoms with Crippen LogP contribution in [-0.4, -0.2) is 61.3 Å². The van der Waals surface area contributed by atoms with E-state index in [1.54, 1.807) is 0 Å². The Kier molecular flexibility index (Phi) is 8.83. The van der Waals surface area contributed by atoms with E-state index in [-0.39, 0.29) is 16.9 Å². The van der Waals surface area contributed by atoms with Crippen LogP contribution in [0.2, 0.25) is 0 Å². The number of nitrogens with two attached hydrogens (primary N) is 1. The molecule has 2 rings (SSSR count). The van der Waals surface area contributed by atoms with E-state index in [9.17, 15) is 14.7 Å². The fraction of sp³-hybridized carbons (Fsp3) is 0.500. The summed E-state index contributed by atoms with van der Waals surface area (Å²) in [6, 6.07) is 5.85. The van der Waals surface area contributed by atoms with Crippen molar-refractivity contribution in [3.63, 3.8) is 0 Å². The SMILES string of the molecule is CC1(C)C[C@H](O)[C@@H](N)c2ccc(Br)cc21.O.O=C(O)[C@H](O)[C@@H](O)C(=O)O. The number of fused-ring (bicyclic) bond motifs is 1. The van der Waals surface area contributed by atoms with Gasteiger partial charge in [-0.2, -0.15) is 0 Å². The Morgan fingerprint density at radius 2 is 1.65 bits per heavy atom. The molecule has 4 atom stereocenters. The molecule has 9 N–H and O–H groups in total. The molecule has 0 spiro atoms. The van der Waals surface area contributed by atoms with Gasteiger partial charge in [0.1, 0.15) is 0 Å². The summed E-state index contributed by atoms with van der Waals surface area (Å²) in [6.07, 6.45) is -4.25. The van der Waals surface area contributed by atoms with Crippen LogP contribution in [0.25, 0.3) is 0 Å². The second kappa shape index (κ2) is 9.40. The van der Waals surface area contributed by atoms with E-state index in [2.05, 4.69) is 35.8 Å². The molecule has 0 saturated carbocycles. The molecule has 1 aromatic rings. The predicted molar refractivity (Wildman–Crippen MR) is 95.6 cm³/mol. The summed E-state index contributed by atoms with van der Waals surface area (Å²) in [6.45, 7) is 4.29. The maximum Gasteiger partial charge on any atom is 0.335 e. The molecule has 0 aromatic heterocycles. The Hall–Kier alpha value is -1.56. The van der Waals surface area contributed by atoms with Gasteiger partial charge < -0.3 is 36.7 Å². The van der Waals surface area contributed by atoms with Crippen molar-refractivity contribution >= 4 is 27.9 Å². The minimum absolute atomic E-state index is 0. The summed E-state index contributed by atoms with van der Waals surface area (Å²) in [7, 11) is 0.